The summed E-state index contributed by atoms with van der Waals surface area (Å²) in [5, 5.41) is 0. The SMILES string of the molecule is C=C/C(C)=C(/C)[C@@H](N)CC. The average Bonchev–Trinajstić information content (AvgIpc) is 2.00. The second-order valence-electron chi connectivity index (χ2n) is 2.58. The smallest absolute Gasteiger partial charge is 0.0253 e. The van der Waals surface area contributed by atoms with Crippen molar-refractivity contribution in [2.75, 3.05) is 0 Å². The molecule has 0 aliphatic rings. The summed E-state index contributed by atoms with van der Waals surface area (Å²) in [5.74, 6) is 0. The van der Waals surface area contributed by atoms with Crippen LogP contribution in [-0.4, -0.2) is 6.04 Å². The average molecular weight is 139 g/mol. The second kappa shape index (κ2) is 4.29. The summed E-state index contributed by atoms with van der Waals surface area (Å²) in [5.41, 5.74) is 8.24. The second-order valence-corrected chi connectivity index (χ2v) is 2.58. The molecule has 58 valence electrons. The van der Waals surface area contributed by atoms with E-state index in [1.165, 1.54) is 11.1 Å². The quantitative estimate of drug-likeness (QED) is 0.596. The first-order chi connectivity index (χ1) is 4.63. The Morgan fingerprint density at radius 1 is 1.60 bits per heavy atom. The maximum absolute atomic E-state index is 5.79. The van der Waals surface area contributed by atoms with Gasteiger partial charge in [-0.15, -0.1) is 0 Å². The predicted octanol–water partition coefficient (Wildman–Crippen LogP) is 2.25. The zero-order chi connectivity index (χ0) is 8.15. The van der Waals surface area contributed by atoms with E-state index < -0.39 is 0 Å². The lowest BCUT2D eigenvalue weighted by Gasteiger charge is -2.10. The van der Waals surface area contributed by atoms with E-state index in [2.05, 4.69) is 20.4 Å². The van der Waals surface area contributed by atoms with Crippen LogP contribution in [0.2, 0.25) is 0 Å². The molecule has 0 aromatic heterocycles. The van der Waals surface area contributed by atoms with Gasteiger partial charge in [-0.2, -0.15) is 0 Å². The van der Waals surface area contributed by atoms with Gasteiger partial charge in [0.05, 0.1) is 0 Å². The molecule has 0 radical (unpaired) electrons. The highest BCUT2D eigenvalue weighted by Crippen LogP contribution is 2.09. The molecule has 0 amide bonds. The minimum absolute atomic E-state index is 0.206. The Bertz CT molecular complexity index is 145. The lowest BCUT2D eigenvalue weighted by Crippen LogP contribution is -2.20. The van der Waals surface area contributed by atoms with Crippen molar-refractivity contribution in [1.82, 2.24) is 0 Å². The molecular formula is C9H17N. The van der Waals surface area contributed by atoms with E-state index in [0.717, 1.165) is 6.42 Å². The Hall–Kier alpha value is -0.560. The Balaban J connectivity index is 4.29. The molecule has 1 heteroatoms. The fourth-order valence-electron chi connectivity index (χ4n) is 0.760. The lowest BCUT2D eigenvalue weighted by atomic mass is 10.0. The summed E-state index contributed by atoms with van der Waals surface area (Å²) < 4.78 is 0. The van der Waals surface area contributed by atoms with Crippen LogP contribution >= 0.6 is 0 Å². The van der Waals surface area contributed by atoms with Crippen molar-refractivity contribution >= 4 is 0 Å². The molecule has 0 unspecified atom stereocenters. The van der Waals surface area contributed by atoms with E-state index in [0.29, 0.717) is 0 Å². The van der Waals surface area contributed by atoms with E-state index in [1.54, 1.807) is 0 Å². The molecular weight excluding hydrogens is 122 g/mol. The van der Waals surface area contributed by atoms with Gasteiger partial charge in [0.25, 0.3) is 0 Å². The van der Waals surface area contributed by atoms with Crippen molar-refractivity contribution in [1.29, 1.82) is 0 Å². The largest absolute Gasteiger partial charge is 0.324 e. The van der Waals surface area contributed by atoms with Crippen LogP contribution in [0, 0.1) is 0 Å². The molecule has 0 aliphatic carbocycles. The van der Waals surface area contributed by atoms with Crippen LogP contribution < -0.4 is 5.73 Å². The van der Waals surface area contributed by atoms with Gasteiger partial charge >= 0.3 is 0 Å². The van der Waals surface area contributed by atoms with E-state index >= 15 is 0 Å². The van der Waals surface area contributed by atoms with Gasteiger partial charge in [-0.3, -0.25) is 0 Å². The summed E-state index contributed by atoms with van der Waals surface area (Å²) >= 11 is 0. The number of rotatable bonds is 3. The van der Waals surface area contributed by atoms with Gasteiger partial charge in [-0.1, -0.05) is 30.7 Å². The Morgan fingerprint density at radius 3 is 2.40 bits per heavy atom. The maximum atomic E-state index is 5.79. The van der Waals surface area contributed by atoms with Gasteiger partial charge in [-0.25, -0.2) is 0 Å². The topological polar surface area (TPSA) is 26.0 Å². The zero-order valence-electron chi connectivity index (χ0n) is 7.15. The molecule has 0 spiro atoms. The highest BCUT2D eigenvalue weighted by Gasteiger charge is 2.01. The zero-order valence-corrected chi connectivity index (χ0v) is 7.15. The normalized spacial score (nSPS) is 16.0. The van der Waals surface area contributed by atoms with E-state index in [1.807, 2.05) is 13.0 Å². The van der Waals surface area contributed by atoms with E-state index in [4.69, 9.17) is 5.73 Å². The first-order valence-electron chi connectivity index (χ1n) is 3.68. The van der Waals surface area contributed by atoms with Gasteiger partial charge in [0.1, 0.15) is 0 Å². The predicted molar refractivity (Wildman–Crippen MR) is 46.8 cm³/mol. The van der Waals surface area contributed by atoms with Crippen molar-refractivity contribution in [2.24, 2.45) is 5.73 Å². The van der Waals surface area contributed by atoms with Crippen LogP contribution in [0.25, 0.3) is 0 Å². The van der Waals surface area contributed by atoms with Crippen molar-refractivity contribution in [2.45, 2.75) is 33.2 Å². The van der Waals surface area contributed by atoms with Gasteiger partial charge in [0, 0.05) is 6.04 Å². The maximum Gasteiger partial charge on any atom is 0.0253 e. The van der Waals surface area contributed by atoms with Crippen LogP contribution in [0.5, 0.6) is 0 Å². The highest BCUT2D eigenvalue weighted by atomic mass is 14.6. The summed E-state index contributed by atoms with van der Waals surface area (Å²) in [7, 11) is 0. The molecule has 0 saturated carbocycles. The third kappa shape index (κ3) is 2.36. The number of hydrogen-bond acceptors (Lipinski definition) is 1. The first-order valence-corrected chi connectivity index (χ1v) is 3.68. The lowest BCUT2D eigenvalue weighted by molar-refractivity contribution is 0.734. The first kappa shape index (κ1) is 9.44. The minimum Gasteiger partial charge on any atom is -0.324 e. The number of allylic oxidation sites excluding steroid dienone is 2. The summed E-state index contributed by atoms with van der Waals surface area (Å²) in [6.45, 7) is 9.87. The van der Waals surface area contributed by atoms with Crippen LogP contribution in [0.3, 0.4) is 0 Å². The van der Waals surface area contributed by atoms with Crippen molar-refractivity contribution in [3.8, 4) is 0 Å². The Morgan fingerprint density at radius 2 is 2.10 bits per heavy atom. The minimum atomic E-state index is 0.206. The molecule has 0 aromatic rings. The van der Waals surface area contributed by atoms with Gasteiger partial charge in [-0.05, 0) is 20.3 Å². The number of nitrogens with two attached hydrogens (primary N) is 1. The van der Waals surface area contributed by atoms with E-state index in [-0.39, 0.29) is 6.04 Å². The third-order valence-corrected chi connectivity index (χ3v) is 1.92. The Kier molecular flexibility index (Phi) is 4.05. The summed E-state index contributed by atoms with van der Waals surface area (Å²) in [6.07, 6.45) is 2.85. The molecule has 0 aromatic carbocycles. The van der Waals surface area contributed by atoms with Gasteiger partial charge in [0.2, 0.25) is 0 Å². The fourth-order valence-corrected chi connectivity index (χ4v) is 0.760. The van der Waals surface area contributed by atoms with Crippen LogP contribution in [-0.2, 0) is 0 Å². The van der Waals surface area contributed by atoms with Crippen LogP contribution in [0.1, 0.15) is 27.2 Å². The van der Waals surface area contributed by atoms with Crippen molar-refractivity contribution < 1.29 is 0 Å². The van der Waals surface area contributed by atoms with Crippen molar-refractivity contribution in [3.05, 3.63) is 23.8 Å². The molecule has 0 fully saturated rings. The van der Waals surface area contributed by atoms with Crippen LogP contribution in [0.4, 0.5) is 0 Å². The van der Waals surface area contributed by atoms with Gasteiger partial charge in [0.15, 0.2) is 0 Å². The molecule has 0 bridgehead atoms. The number of hydrogen-bond donors (Lipinski definition) is 1. The molecule has 1 nitrogen and oxygen atoms in total. The standard InChI is InChI=1S/C9H17N/c1-5-7(3)8(4)9(10)6-2/h5,9H,1,6,10H2,2-4H3/b8-7-/t9-/m0/s1. The summed E-state index contributed by atoms with van der Waals surface area (Å²) in [6, 6.07) is 0.206. The van der Waals surface area contributed by atoms with E-state index in [9.17, 15) is 0 Å². The molecule has 0 aliphatic heterocycles. The Labute approximate surface area is 63.6 Å². The molecule has 10 heavy (non-hydrogen) atoms. The van der Waals surface area contributed by atoms with Crippen LogP contribution in [0.15, 0.2) is 23.8 Å². The highest BCUT2D eigenvalue weighted by molar-refractivity contribution is 5.23. The van der Waals surface area contributed by atoms with Crippen molar-refractivity contribution in [3.63, 3.8) is 0 Å². The molecule has 2 N–H and O–H groups in total. The third-order valence-electron chi connectivity index (χ3n) is 1.92. The van der Waals surface area contributed by atoms with Gasteiger partial charge < -0.3 is 5.73 Å². The molecule has 0 saturated heterocycles. The monoisotopic (exact) mass is 139 g/mol. The summed E-state index contributed by atoms with van der Waals surface area (Å²) in [4.78, 5) is 0. The fraction of sp³-hybridized carbons (Fsp3) is 0.556. The molecule has 0 rings (SSSR count). The molecule has 1 atom stereocenters. The molecule has 0 heterocycles.